The van der Waals surface area contributed by atoms with E-state index < -0.39 is 17.1 Å². The Hall–Kier alpha value is -3.32. The fourth-order valence-corrected chi connectivity index (χ4v) is 5.68. The predicted octanol–water partition coefficient (Wildman–Crippen LogP) is 2.49. The second kappa shape index (κ2) is 6.09. The maximum atomic E-state index is 13.6. The Bertz CT molecular complexity index is 1090. The van der Waals surface area contributed by atoms with Gasteiger partial charge in [-0.05, 0) is 34.4 Å². The van der Waals surface area contributed by atoms with Gasteiger partial charge in [-0.2, -0.15) is 5.23 Å². The Labute approximate surface area is 172 Å². The van der Waals surface area contributed by atoms with Crippen LogP contribution in [-0.4, -0.2) is 17.0 Å². The average Bonchev–Trinajstić information content (AvgIpc) is 3.04. The van der Waals surface area contributed by atoms with Gasteiger partial charge in [-0.1, -0.05) is 48.5 Å². The standard InChI is InChI=1S/C24H18N2O4/c27-23-21-19-15-5-1-2-6-16(15)20(18-8-4-3-7-17(18)19)22(21)24(28)25(23)13-9-11-14(12-10-13)26(29)30/h1-12,19-22,26,29H. The Balaban J connectivity index is 1.50. The number of quaternary nitrogens is 1. The van der Waals surface area contributed by atoms with Gasteiger partial charge < -0.3 is 5.21 Å². The van der Waals surface area contributed by atoms with Gasteiger partial charge in [0.15, 0.2) is 5.69 Å². The Kier molecular flexibility index (Phi) is 3.56. The van der Waals surface area contributed by atoms with Gasteiger partial charge in [-0.25, -0.2) is 10.1 Å². The zero-order valence-electron chi connectivity index (χ0n) is 15.9. The Morgan fingerprint density at radius 3 is 1.47 bits per heavy atom. The molecule has 1 heterocycles. The minimum Gasteiger partial charge on any atom is -0.595 e. The lowest BCUT2D eigenvalue weighted by atomic mass is 9.55. The number of rotatable bonds is 2. The molecule has 0 saturated carbocycles. The number of nitrogens with one attached hydrogen (secondary N) is 1. The van der Waals surface area contributed by atoms with Crippen molar-refractivity contribution < 1.29 is 20.0 Å². The normalized spacial score (nSPS) is 26.9. The minimum atomic E-state index is -1.04. The van der Waals surface area contributed by atoms with Crippen LogP contribution in [0.5, 0.6) is 0 Å². The van der Waals surface area contributed by atoms with E-state index >= 15 is 0 Å². The number of hydrogen-bond donors (Lipinski definition) is 2. The summed E-state index contributed by atoms with van der Waals surface area (Å²) in [6.45, 7) is 0. The molecule has 148 valence electrons. The zero-order valence-corrected chi connectivity index (χ0v) is 15.9. The molecule has 2 N–H and O–H groups in total. The predicted molar refractivity (Wildman–Crippen MR) is 108 cm³/mol. The summed E-state index contributed by atoms with van der Waals surface area (Å²) in [6.07, 6.45) is 0. The highest BCUT2D eigenvalue weighted by atomic mass is 16.8. The molecule has 3 atom stereocenters. The first kappa shape index (κ1) is 17.5. The maximum absolute atomic E-state index is 13.6. The van der Waals surface area contributed by atoms with Crippen molar-refractivity contribution in [3.05, 3.63) is 100 Å². The van der Waals surface area contributed by atoms with Gasteiger partial charge in [-0.15, -0.1) is 0 Å². The number of amides is 2. The second-order valence-corrected chi connectivity index (χ2v) is 8.13. The SMILES string of the molecule is O=C1C2C3c4ccccc4C(c4ccccc43)C2C(=O)N1c1ccc([NH+]([O-])O)cc1. The number of nitrogens with zero attached hydrogens (tertiary/aromatic N) is 1. The molecule has 3 aliphatic carbocycles. The van der Waals surface area contributed by atoms with E-state index in [4.69, 9.17) is 5.21 Å². The van der Waals surface area contributed by atoms with Crippen LogP contribution in [0.2, 0.25) is 0 Å². The van der Waals surface area contributed by atoms with Crippen molar-refractivity contribution in [1.29, 1.82) is 0 Å². The summed E-state index contributed by atoms with van der Waals surface area (Å²) in [5.74, 6) is -1.57. The molecule has 1 aliphatic heterocycles. The molecule has 2 bridgehead atoms. The smallest absolute Gasteiger partial charge is 0.238 e. The Morgan fingerprint density at radius 2 is 1.10 bits per heavy atom. The number of carbonyl (C=O) groups excluding carboxylic acids is 2. The summed E-state index contributed by atoms with van der Waals surface area (Å²) in [7, 11) is 0. The number of anilines is 1. The van der Waals surface area contributed by atoms with Crippen LogP contribution in [0.15, 0.2) is 72.8 Å². The van der Waals surface area contributed by atoms with E-state index in [1.807, 2.05) is 24.3 Å². The highest BCUT2D eigenvalue weighted by Gasteiger charge is 2.61. The molecule has 0 radical (unpaired) electrons. The highest BCUT2D eigenvalue weighted by Crippen LogP contribution is 2.61. The monoisotopic (exact) mass is 398 g/mol. The van der Waals surface area contributed by atoms with Crippen LogP contribution in [0.4, 0.5) is 11.4 Å². The van der Waals surface area contributed by atoms with Crippen molar-refractivity contribution >= 4 is 23.2 Å². The molecule has 6 heteroatoms. The molecule has 7 rings (SSSR count). The van der Waals surface area contributed by atoms with E-state index in [0.717, 1.165) is 22.3 Å². The molecule has 1 saturated heterocycles. The molecule has 2 amide bonds. The van der Waals surface area contributed by atoms with Crippen LogP contribution < -0.4 is 10.1 Å². The molecule has 0 spiro atoms. The minimum absolute atomic E-state index is 0.121. The highest BCUT2D eigenvalue weighted by molar-refractivity contribution is 6.23. The first-order valence-corrected chi connectivity index (χ1v) is 9.96. The van der Waals surface area contributed by atoms with E-state index in [1.165, 1.54) is 17.0 Å². The molecule has 3 aromatic carbocycles. The molecule has 6 nitrogen and oxygen atoms in total. The quantitative estimate of drug-likeness (QED) is 0.513. The molecular weight excluding hydrogens is 380 g/mol. The van der Waals surface area contributed by atoms with Crippen LogP contribution in [0, 0.1) is 17.0 Å². The van der Waals surface area contributed by atoms with Crippen molar-refractivity contribution in [2.75, 3.05) is 4.90 Å². The summed E-state index contributed by atoms with van der Waals surface area (Å²) < 4.78 is 0. The van der Waals surface area contributed by atoms with E-state index in [-0.39, 0.29) is 29.3 Å². The molecule has 3 aromatic rings. The number of carbonyl (C=O) groups is 2. The average molecular weight is 398 g/mol. The van der Waals surface area contributed by atoms with Gasteiger partial charge in [0, 0.05) is 24.0 Å². The lowest BCUT2D eigenvalue weighted by Crippen LogP contribution is -2.99. The van der Waals surface area contributed by atoms with Gasteiger partial charge >= 0.3 is 0 Å². The summed E-state index contributed by atoms with van der Waals surface area (Å²) in [5.41, 5.74) is 5.07. The first-order valence-electron chi connectivity index (χ1n) is 9.96. The van der Waals surface area contributed by atoms with E-state index in [0.29, 0.717) is 5.69 Å². The second-order valence-electron chi connectivity index (χ2n) is 8.13. The fourth-order valence-electron chi connectivity index (χ4n) is 5.68. The number of benzene rings is 3. The number of hydrogen-bond acceptors (Lipinski definition) is 4. The molecule has 4 aliphatic rings. The molecule has 3 unspecified atom stereocenters. The maximum Gasteiger partial charge on any atom is 0.238 e. The van der Waals surface area contributed by atoms with Crippen molar-refractivity contribution in [3.8, 4) is 0 Å². The third-order valence-corrected chi connectivity index (χ3v) is 6.82. The van der Waals surface area contributed by atoms with Crippen LogP contribution in [0.3, 0.4) is 0 Å². The molecule has 30 heavy (non-hydrogen) atoms. The van der Waals surface area contributed by atoms with Crippen LogP contribution in [-0.2, 0) is 9.59 Å². The topological polar surface area (TPSA) is 85.1 Å². The summed E-state index contributed by atoms with van der Waals surface area (Å²) in [5, 5.41) is 19.3. The van der Waals surface area contributed by atoms with Crippen LogP contribution in [0.25, 0.3) is 0 Å². The van der Waals surface area contributed by atoms with Gasteiger partial charge in [-0.3, -0.25) is 9.59 Å². The van der Waals surface area contributed by atoms with E-state index in [2.05, 4.69) is 24.3 Å². The van der Waals surface area contributed by atoms with Crippen LogP contribution in [0.1, 0.15) is 34.1 Å². The van der Waals surface area contributed by atoms with Crippen molar-refractivity contribution in [2.24, 2.45) is 11.8 Å². The van der Waals surface area contributed by atoms with Gasteiger partial charge in [0.25, 0.3) is 0 Å². The first-order chi connectivity index (χ1) is 14.6. The fraction of sp³-hybridized carbons (Fsp3) is 0.167. The van der Waals surface area contributed by atoms with E-state index in [9.17, 15) is 14.8 Å². The summed E-state index contributed by atoms with van der Waals surface area (Å²) >= 11 is 0. The van der Waals surface area contributed by atoms with Gasteiger partial charge in [0.2, 0.25) is 11.8 Å². The molecule has 0 aromatic heterocycles. The molecule has 1 fully saturated rings. The zero-order chi connectivity index (χ0) is 20.6. The summed E-state index contributed by atoms with van der Waals surface area (Å²) in [6, 6.07) is 22.2. The van der Waals surface area contributed by atoms with Gasteiger partial charge in [0.1, 0.15) is 0 Å². The molecular formula is C24H18N2O4. The lowest BCUT2D eigenvalue weighted by Gasteiger charge is -2.45. The van der Waals surface area contributed by atoms with Crippen molar-refractivity contribution in [3.63, 3.8) is 0 Å². The van der Waals surface area contributed by atoms with Crippen molar-refractivity contribution in [1.82, 2.24) is 0 Å². The van der Waals surface area contributed by atoms with E-state index in [1.54, 1.807) is 12.1 Å². The lowest BCUT2D eigenvalue weighted by molar-refractivity contribution is -0.991. The van der Waals surface area contributed by atoms with Crippen LogP contribution >= 0.6 is 0 Å². The number of imide groups is 1. The summed E-state index contributed by atoms with van der Waals surface area (Å²) in [4.78, 5) is 28.4. The van der Waals surface area contributed by atoms with Crippen molar-refractivity contribution in [2.45, 2.75) is 11.8 Å². The van der Waals surface area contributed by atoms with Gasteiger partial charge in [0.05, 0.1) is 17.5 Å². The third-order valence-electron chi connectivity index (χ3n) is 6.82. The third kappa shape index (κ3) is 2.13. The Morgan fingerprint density at radius 1 is 0.700 bits per heavy atom. The largest absolute Gasteiger partial charge is 0.595 e.